The lowest BCUT2D eigenvalue weighted by Crippen LogP contribution is -1.92. The van der Waals surface area contributed by atoms with Crippen LogP contribution in [-0.4, -0.2) is 9.97 Å². The molecule has 0 saturated heterocycles. The van der Waals surface area contributed by atoms with Gasteiger partial charge in [-0.05, 0) is 47.9 Å². The first-order valence-electron chi connectivity index (χ1n) is 9.75. The molecule has 0 radical (unpaired) electrons. The fourth-order valence-corrected chi connectivity index (χ4v) is 5.24. The smallest absolute Gasteiger partial charge is 0.189 e. The molecule has 156 valence electrons. The first kappa shape index (κ1) is 20.1. The van der Waals surface area contributed by atoms with Crippen LogP contribution in [0, 0.1) is 0 Å². The number of thiazole rings is 2. The second-order valence-electron chi connectivity index (χ2n) is 7.47. The number of halogens is 1. The maximum absolute atomic E-state index is 6.20. The van der Waals surface area contributed by atoms with Crippen LogP contribution in [0.4, 0.5) is 16.6 Å². The summed E-state index contributed by atoms with van der Waals surface area (Å²) in [6.45, 7) is 4.36. The molecule has 31 heavy (non-hydrogen) atoms. The molecule has 3 heterocycles. The Balaban J connectivity index is 1.39. The molecular weight excluding hydrogens is 448 g/mol. The first-order valence-corrected chi connectivity index (χ1v) is 11.8. The number of rotatable bonds is 5. The lowest BCUT2D eigenvalue weighted by atomic mass is 10.0. The average molecular weight is 467 g/mol. The van der Waals surface area contributed by atoms with Crippen LogP contribution < -0.4 is 11.1 Å². The molecule has 0 amide bonds. The predicted octanol–water partition coefficient (Wildman–Crippen LogP) is 7.78. The summed E-state index contributed by atoms with van der Waals surface area (Å²) in [7, 11) is 0. The molecule has 0 bridgehead atoms. The van der Waals surface area contributed by atoms with E-state index in [9.17, 15) is 0 Å². The summed E-state index contributed by atoms with van der Waals surface area (Å²) < 4.78 is 5.93. The second-order valence-corrected chi connectivity index (χ2v) is 9.76. The van der Waals surface area contributed by atoms with Gasteiger partial charge in [0.25, 0.3) is 0 Å². The zero-order valence-electron chi connectivity index (χ0n) is 16.8. The Labute approximate surface area is 192 Å². The van der Waals surface area contributed by atoms with Crippen LogP contribution >= 0.6 is 34.3 Å². The third-order valence-corrected chi connectivity index (χ3v) is 7.13. The molecule has 5 rings (SSSR count). The first-order chi connectivity index (χ1) is 15.0. The van der Waals surface area contributed by atoms with Gasteiger partial charge in [-0.1, -0.05) is 48.9 Å². The Morgan fingerprint density at radius 1 is 1.06 bits per heavy atom. The molecule has 2 aromatic carbocycles. The van der Waals surface area contributed by atoms with Crippen molar-refractivity contribution in [2.75, 3.05) is 11.1 Å². The number of hydrogen-bond acceptors (Lipinski definition) is 7. The van der Waals surface area contributed by atoms with Crippen LogP contribution in [0.5, 0.6) is 0 Å². The zero-order valence-corrected chi connectivity index (χ0v) is 19.2. The standard InChI is InChI=1S/C23H19ClN4OS2/c1-12(2)13-3-6-16(7-4-13)26-23-28-21(25)20(31-23)22-27-17(11-30-22)19-10-14-9-15(24)5-8-18(14)29-19/h3-12H,25H2,1-2H3,(H,26,28). The van der Waals surface area contributed by atoms with E-state index >= 15 is 0 Å². The van der Waals surface area contributed by atoms with Gasteiger partial charge >= 0.3 is 0 Å². The van der Waals surface area contributed by atoms with Gasteiger partial charge in [0.2, 0.25) is 0 Å². The molecule has 8 heteroatoms. The maximum Gasteiger partial charge on any atom is 0.189 e. The molecule has 0 aliphatic rings. The molecule has 5 nitrogen and oxygen atoms in total. The highest BCUT2D eigenvalue weighted by Crippen LogP contribution is 2.40. The summed E-state index contributed by atoms with van der Waals surface area (Å²) in [6.07, 6.45) is 0. The molecule has 0 aliphatic heterocycles. The summed E-state index contributed by atoms with van der Waals surface area (Å²) in [5.41, 5.74) is 10.0. The van der Waals surface area contributed by atoms with Crippen molar-refractivity contribution in [1.29, 1.82) is 0 Å². The minimum atomic E-state index is 0.462. The molecule has 0 spiro atoms. The van der Waals surface area contributed by atoms with Crippen molar-refractivity contribution in [2.45, 2.75) is 19.8 Å². The lowest BCUT2D eigenvalue weighted by molar-refractivity contribution is 0.629. The number of fused-ring (bicyclic) bond motifs is 1. The van der Waals surface area contributed by atoms with E-state index < -0.39 is 0 Å². The van der Waals surface area contributed by atoms with Crippen molar-refractivity contribution in [3.63, 3.8) is 0 Å². The second kappa shape index (κ2) is 8.00. The van der Waals surface area contributed by atoms with Crippen LogP contribution in [0.25, 0.3) is 32.3 Å². The maximum atomic E-state index is 6.20. The highest BCUT2D eigenvalue weighted by Gasteiger charge is 2.17. The van der Waals surface area contributed by atoms with Gasteiger partial charge in [-0.15, -0.1) is 11.3 Å². The van der Waals surface area contributed by atoms with Crippen molar-refractivity contribution in [3.8, 4) is 21.3 Å². The van der Waals surface area contributed by atoms with Crippen LogP contribution in [0.15, 0.2) is 58.3 Å². The van der Waals surface area contributed by atoms with Gasteiger partial charge in [0.05, 0.1) is 0 Å². The average Bonchev–Trinajstić information content (AvgIpc) is 3.46. The molecule has 5 aromatic rings. The summed E-state index contributed by atoms with van der Waals surface area (Å²) in [6, 6.07) is 15.9. The number of aromatic nitrogens is 2. The number of nitrogen functional groups attached to an aromatic ring is 1. The van der Waals surface area contributed by atoms with Crippen molar-refractivity contribution < 1.29 is 4.42 Å². The molecule has 0 aliphatic carbocycles. The fourth-order valence-electron chi connectivity index (χ4n) is 3.25. The van der Waals surface area contributed by atoms with E-state index in [0.29, 0.717) is 22.5 Å². The van der Waals surface area contributed by atoms with E-state index in [-0.39, 0.29) is 0 Å². The SMILES string of the molecule is CC(C)c1ccc(Nc2nc(N)c(-c3nc(-c4cc5cc(Cl)ccc5o4)cs3)s2)cc1. The molecule has 3 N–H and O–H groups in total. The van der Waals surface area contributed by atoms with E-state index in [0.717, 1.165) is 37.4 Å². The van der Waals surface area contributed by atoms with Gasteiger partial charge in [-0.2, -0.15) is 0 Å². The number of furan rings is 1. The monoisotopic (exact) mass is 466 g/mol. The lowest BCUT2D eigenvalue weighted by Gasteiger charge is -2.07. The molecule has 3 aromatic heterocycles. The van der Waals surface area contributed by atoms with Crippen molar-refractivity contribution in [2.24, 2.45) is 0 Å². The summed E-state index contributed by atoms with van der Waals surface area (Å²) in [5, 5.41) is 8.47. The van der Waals surface area contributed by atoms with Gasteiger partial charge in [-0.25, -0.2) is 9.97 Å². The van der Waals surface area contributed by atoms with Gasteiger partial charge in [0, 0.05) is 21.5 Å². The van der Waals surface area contributed by atoms with E-state index in [2.05, 4.69) is 48.4 Å². The third kappa shape index (κ3) is 4.04. The van der Waals surface area contributed by atoms with Crippen LogP contribution in [-0.2, 0) is 0 Å². The van der Waals surface area contributed by atoms with Gasteiger partial charge < -0.3 is 15.5 Å². The van der Waals surface area contributed by atoms with Gasteiger partial charge in [-0.3, -0.25) is 0 Å². The molecule has 0 fully saturated rings. The Morgan fingerprint density at radius 2 is 1.87 bits per heavy atom. The van der Waals surface area contributed by atoms with E-state index in [1.54, 1.807) is 0 Å². The number of hydrogen-bond donors (Lipinski definition) is 2. The molecular formula is C23H19ClN4OS2. The van der Waals surface area contributed by atoms with E-state index in [1.165, 1.54) is 28.2 Å². The van der Waals surface area contributed by atoms with Crippen molar-refractivity contribution in [1.82, 2.24) is 9.97 Å². The molecule has 0 unspecified atom stereocenters. The summed E-state index contributed by atoms with van der Waals surface area (Å²) in [5.74, 6) is 1.66. The van der Waals surface area contributed by atoms with E-state index in [4.69, 9.17) is 26.7 Å². The van der Waals surface area contributed by atoms with Crippen LogP contribution in [0.3, 0.4) is 0 Å². The minimum absolute atomic E-state index is 0.462. The highest BCUT2D eigenvalue weighted by molar-refractivity contribution is 7.23. The van der Waals surface area contributed by atoms with E-state index in [1.807, 2.05) is 29.6 Å². The quantitative estimate of drug-likeness (QED) is 0.276. The fraction of sp³-hybridized carbons (Fsp3) is 0.130. The summed E-state index contributed by atoms with van der Waals surface area (Å²) >= 11 is 9.08. The summed E-state index contributed by atoms with van der Waals surface area (Å²) in [4.78, 5) is 10.1. The zero-order chi connectivity index (χ0) is 21.5. The van der Waals surface area contributed by atoms with Gasteiger partial charge in [0.1, 0.15) is 27.0 Å². The molecule has 0 atom stereocenters. The van der Waals surface area contributed by atoms with Gasteiger partial charge in [0.15, 0.2) is 10.9 Å². The van der Waals surface area contributed by atoms with Crippen molar-refractivity contribution in [3.05, 3.63) is 64.5 Å². The number of benzene rings is 2. The Bertz CT molecular complexity index is 1370. The number of anilines is 3. The molecule has 0 saturated carbocycles. The third-order valence-electron chi connectivity index (χ3n) is 4.91. The predicted molar refractivity (Wildman–Crippen MR) is 132 cm³/mol. The minimum Gasteiger partial charge on any atom is -0.454 e. The Morgan fingerprint density at radius 3 is 2.65 bits per heavy atom. The largest absolute Gasteiger partial charge is 0.454 e. The topological polar surface area (TPSA) is 77.0 Å². The number of nitrogens with one attached hydrogen (secondary N) is 1. The van der Waals surface area contributed by atoms with Crippen LogP contribution in [0.2, 0.25) is 5.02 Å². The van der Waals surface area contributed by atoms with Crippen molar-refractivity contribution >= 4 is 61.9 Å². The highest BCUT2D eigenvalue weighted by atomic mass is 35.5. The Kier molecular flexibility index (Phi) is 5.17. The Hall–Kier alpha value is -2.87. The van der Waals surface area contributed by atoms with Crippen LogP contribution in [0.1, 0.15) is 25.3 Å². The number of nitrogens with two attached hydrogens (primary N) is 1. The number of nitrogens with zero attached hydrogens (tertiary/aromatic N) is 2. The normalized spacial score (nSPS) is 11.5.